The summed E-state index contributed by atoms with van der Waals surface area (Å²) in [5.41, 5.74) is 4.50. The molecule has 2 aromatic carbocycles. The molecule has 4 aliphatic carbocycles. The van der Waals surface area contributed by atoms with Gasteiger partial charge in [-0.15, -0.1) is 0 Å². The van der Waals surface area contributed by atoms with E-state index in [0.29, 0.717) is 0 Å². The van der Waals surface area contributed by atoms with Gasteiger partial charge in [0.15, 0.2) is 0 Å². The number of hydrogen-bond donors (Lipinski definition) is 1. The second kappa shape index (κ2) is 9.00. The van der Waals surface area contributed by atoms with Gasteiger partial charge in [0.2, 0.25) is 0 Å². The molecule has 2 nitrogen and oxygen atoms in total. The van der Waals surface area contributed by atoms with Crippen LogP contribution in [0.3, 0.4) is 0 Å². The van der Waals surface area contributed by atoms with Gasteiger partial charge in [-0.25, -0.2) is 0 Å². The van der Waals surface area contributed by atoms with Crippen LogP contribution in [0.15, 0.2) is 66.2 Å². The third-order valence-corrected chi connectivity index (χ3v) is 8.42. The first kappa shape index (κ1) is 21.1. The van der Waals surface area contributed by atoms with Gasteiger partial charge in [-0.3, -0.25) is 0 Å². The van der Waals surface area contributed by atoms with E-state index >= 15 is 0 Å². The zero-order valence-corrected chi connectivity index (χ0v) is 19.1. The Morgan fingerprint density at radius 2 is 1.52 bits per heavy atom. The predicted octanol–water partition coefficient (Wildman–Crippen LogP) is 1.24. The normalized spacial score (nSPS) is 34.2. The Balaban J connectivity index is 0.00000204. The first-order valence-corrected chi connectivity index (χ1v) is 12.2. The lowest BCUT2D eigenvalue weighted by molar-refractivity contribution is -0.906. The lowest BCUT2D eigenvalue weighted by Gasteiger charge is -2.29. The quantitative estimate of drug-likeness (QED) is 0.646. The van der Waals surface area contributed by atoms with Gasteiger partial charge in [-0.05, 0) is 72.8 Å². The van der Waals surface area contributed by atoms with E-state index in [-0.39, 0.29) is 12.4 Å². The van der Waals surface area contributed by atoms with Crippen molar-refractivity contribution in [3.05, 3.63) is 77.4 Å². The number of halogens is 1. The van der Waals surface area contributed by atoms with Crippen molar-refractivity contribution in [2.45, 2.75) is 32.1 Å². The van der Waals surface area contributed by atoms with Gasteiger partial charge >= 0.3 is 0 Å². The van der Waals surface area contributed by atoms with Crippen LogP contribution in [-0.4, -0.2) is 26.2 Å². The molecule has 3 heteroatoms. The highest BCUT2D eigenvalue weighted by Crippen LogP contribution is 2.74. The van der Waals surface area contributed by atoms with Gasteiger partial charge in [0.1, 0.15) is 18.9 Å². The van der Waals surface area contributed by atoms with Crippen LogP contribution < -0.4 is 17.3 Å². The zero-order valence-electron chi connectivity index (χ0n) is 18.3. The van der Waals surface area contributed by atoms with Crippen molar-refractivity contribution >= 4 is 5.76 Å². The number of benzene rings is 2. The summed E-state index contributed by atoms with van der Waals surface area (Å²) in [5, 5.41) is 0. The Hall–Kier alpha value is -1.77. The van der Waals surface area contributed by atoms with Crippen LogP contribution in [0.4, 0.5) is 0 Å². The number of nitrogens with one attached hydrogen (secondary N) is 1. The van der Waals surface area contributed by atoms with E-state index in [9.17, 15) is 0 Å². The van der Waals surface area contributed by atoms with E-state index in [2.05, 4.69) is 60.7 Å². The first-order valence-electron chi connectivity index (χ1n) is 12.2. The Morgan fingerprint density at radius 3 is 2.13 bits per heavy atom. The summed E-state index contributed by atoms with van der Waals surface area (Å²) in [5.74, 6) is 5.80. The zero-order chi connectivity index (χ0) is 19.9. The number of ether oxygens (including phenoxy) is 1. The summed E-state index contributed by atoms with van der Waals surface area (Å²) in [7, 11) is 0. The number of rotatable bonds is 7. The van der Waals surface area contributed by atoms with Crippen molar-refractivity contribution < 1.29 is 22.0 Å². The Bertz CT molecular complexity index is 887. The molecule has 1 aliphatic heterocycles. The summed E-state index contributed by atoms with van der Waals surface area (Å²) in [6.45, 7) is 4.60. The average Bonchev–Trinajstić information content (AvgIpc) is 3.14. The minimum absolute atomic E-state index is 0. The third-order valence-electron chi connectivity index (χ3n) is 8.42. The summed E-state index contributed by atoms with van der Waals surface area (Å²) in [6.07, 6.45) is 6.82. The number of hydrogen-bond acceptors (Lipinski definition) is 1. The van der Waals surface area contributed by atoms with Crippen LogP contribution in [0, 0.1) is 29.6 Å². The molecular formula is C28H34ClNO. The van der Waals surface area contributed by atoms with Gasteiger partial charge in [-0.1, -0.05) is 60.7 Å². The third kappa shape index (κ3) is 4.17. The molecule has 0 aromatic heterocycles. The SMILES string of the molecule is [Cl-].c1ccc(CC2CC[NH+](CCO/C(=C3\C4CC5C(C4)C35)c3ccccc3)CC2)cc1. The molecule has 2 aromatic rings. The Kier molecular flexibility index (Phi) is 6.12. The first-order chi connectivity index (χ1) is 14.9. The molecule has 1 heterocycles. The second-order valence-electron chi connectivity index (χ2n) is 10.2. The molecule has 5 aliphatic rings. The van der Waals surface area contributed by atoms with E-state index in [0.717, 1.165) is 42.7 Å². The predicted molar refractivity (Wildman–Crippen MR) is 121 cm³/mol. The molecule has 4 bridgehead atoms. The van der Waals surface area contributed by atoms with Crippen LogP contribution in [0.25, 0.3) is 5.76 Å². The van der Waals surface area contributed by atoms with Crippen molar-refractivity contribution in [1.29, 1.82) is 0 Å². The van der Waals surface area contributed by atoms with E-state index in [1.807, 2.05) is 0 Å². The largest absolute Gasteiger partial charge is 1.00 e. The van der Waals surface area contributed by atoms with Crippen LogP contribution >= 0.6 is 0 Å². The van der Waals surface area contributed by atoms with Crippen molar-refractivity contribution in [3.63, 3.8) is 0 Å². The summed E-state index contributed by atoms with van der Waals surface area (Å²) in [6, 6.07) is 21.9. The van der Waals surface area contributed by atoms with Crippen LogP contribution in [0.5, 0.6) is 0 Å². The monoisotopic (exact) mass is 435 g/mol. The molecular weight excluding hydrogens is 402 g/mol. The summed E-state index contributed by atoms with van der Waals surface area (Å²) < 4.78 is 6.59. The summed E-state index contributed by atoms with van der Waals surface area (Å²) >= 11 is 0. The minimum Gasteiger partial charge on any atom is -1.00 e. The highest BCUT2D eigenvalue weighted by Gasteiger charge is 2.67. The standard InChI is InChI=1S/C28H33NO.ClH/c1-3-7-20(8-4-1)17-21-11-13-29(14-12-21)15-16-30-28(22-9-5-2-6-10-22)26-23-18-24-25(19-23)27(24)26;/h1-10,21,23-25,27H,11-19H2;1H/b28-26+;. The molecule has 0 spiro atoms. The highest BCUT2D eigenvalue weighted by molar-refractivity contribution is 5.67. The van der Waals surface area contributed by atoms with Crippen LogP contribution in [0.2, 0.25) is 0 Å². The molecule has 0 amide bonds. The molecule has 2 unspecified atom stereocenters. The summed E-state index contributed by atoms with van der Waals surface area (Å²) in [4.78, 5) is 1.73. The Morgan fingerprint density at radius 1 is 0.871 bits per heavy atom. The van der Waals surface area contributed by atoms with Gasteiger partial charge in [0, 0.05) is 5.56 Å². The van der Waals surface area contributed by atoms with Crippen LogP contribution in [-0.2, 0) is 11.2 Å². The van der Waals surface area contributed by atoms with E-state index in [4.69, 9.17) is 4.74 Å². The van der Waals surface area contributed by atoms with E-state index in [1.54, 1.807) is 10.5 Å². The fourth-order valence-corrected chi connectivity index (χ4v) is 6.87. The maximum Gasteiger partial charge on any atom is 0.137 e. The van der Waals surface area contributed by atoms with Crippen LogP contribution in [0.1, 0.15) is 36.8 Å². The Labute approximate surface area is 193 Å². The maximum absolute atomic E-state index is 6.59. The average molecular weight is 436 g/mol. The number of piperidine rings is 1. The fraction of sp³-hybridized carbons (Fsp3) is 0.500. The van der Waals surface area contributed by atoms with Crippen molar-refractivity contribution in [2.75, 3.05) is 26.2 Å². The second-order valence-corrected chi connectivity index (χ2v) is 10.2. The molecule has 4 saturated carbocycles. The smallest absolute Gasteiger partial charge is 0.137 e. The van der Waals surface area contributed by atoms with Crippen molar-refractivity contribution in [1.82, 2.24) is 0 Å². The number of quaternary nitrogens is 1. The fourth-order valence-electron chi connectivity index (χ4n) is 6.87. The molecule has 5 fully saturated rings. The molecule has 1 saturated heterocycles. The minimum atomic E-state index is 0. The van der Waals surface area contributed by atoms with Gasteiger partial charge < -0.3 is 22.0 Å². The lowest BCUT2D eigenvalue weighted by Crippen LogP contribution is -3.13. The van der Waals surface area contributed by atoms with Gasteiger partial charge in [0.05, 0.1) is 13.1 Å². The number of allylic oxidation sites excluding steroid dienone is 1. The van der Waals surface area contributed by atoms with Gasteiger partial charge in [0.25, 0.3) is 0 Å². The topological polar surface area (TPSA) is 13.7 Å². The van der Waals surface area contributed by atoms with Crippen molar-refractivity contribution in [3.8, 4) is 0 Å². The van der Waals surface area contributed by atoms with E-state index < -0.39 is 0 Å². The van der Waals surface area contributed by atoms with E-state index in [1.165, 1.54) is 62.1 Å². The molecule has 2 atom stereocenters. The molecule has 1 N–H and O–H groups in total. The molecule has 7 rings (SSSR count). The molecule has 31 heavy (non-hydrogen) atoms. The highest BCUT2D eigenvalue weighted by atomic mass is 35.5. The number of likely N-dealkylation sites (tertiary alicyclic amines) is 1. The molecule has 164 valence electrons. The lowest BCUT2D eigenvalue weighted by atomic mass is 9.90. The van der Waals surface area contributed by atoms with Gasteiger partial charge in [-0.2, -0.15) is 0 Å². The van der Waals surface area contributed by atoms with Crippen molar-refractivity contribution in [2.24, 2.45) is 29.6 Å². The molecule has 0 radical (unpaired) electrons. The maximum atomic E-state index is 6.59.